The highest BCUT2D eigenvalue weighted by Gasteiger charge is 1.92. The predicted octanol–water partition coefficient (Wildman–Crippen LogP) is 1.33. The van der Waals surface area contributed by atoms with Crippen molar-refractivity contribution in [1.82, 2.24) is 5.32 Å². The monoisotopic (exact) mass is 205 g/mol. The lowest BCUT2D eigenvalue weighted by Gasteiger charge is -2.01. The van der Waals surface area contributed by atoms with Crippen molar-refractivity contribution >= 4 is 12.4 Å². The van der Waals surface area contributed by atoms with Crippen LogP contribution in [-0.4, -0.2) is 18.3 Å². The van der Waals surface area contributed by atoms with Gasteiger partial charge in [0.2, 0.25) is 0 Å². The Labute approximate surface area is 83.2 Å². The van der Waals surface area contributed by atoms with Crippen LogP contribution in [0.1, 0.15) is 5.56 Å². The molecule has 0 aromatic heterocycles. The summed E-state index contributed by atoms with van der Waals surface area (Å²) in [6.45, 7) is 1.36. The van der Waals surface area contributed by atoms with Crippen LogP contribution in [0.25, 0.3) is 0 Å². The second kappa shape index (κ2) is 6.83. The van der Waals surface area contributed by atoms with Crippen LogP contribution in [0, 0.1) is 5.82 Å². The standard InChI is InChI=1S/C9H12FNO.ClH/c10-9-3-1-8(2-4-9)7-11-5-6-12;/h1-4,11-12H,5-7H2;1H. The molecule has 0 saturated heterocycles. The summed E-state index contributed by atoms with van der Waals surface area (Å²) in [5, 5.41) is 11.5. The topological polar surface area (TPSA) is 32.3 Å². The van der Waals surface area contributed by atoms with Gasteiger partial charge >= 0.3 is 0 Å². The average Bonchev–Trinajstić information content (AvgIpc) is 2.09. The van der Waals surface area contributed by atoms with Gasteiger partial charge in [-0.3, -0.25) is 0 Å². The highest BCUT2D eigenvalue weighted by atomic mass is 35.5. The molecule has 0 spiro atoms. The highest BCUT2D eigenvalue weighted by molar-refractivity contribution is 5.85. The molecule has 0 heterocycles. The molecule has 0 aliphatic heterocycles. The minimum Gasteiger partial charge on any atom is -0.395 e. The van der Waals surface area contributed by atoms with Crippen LogP contribution in [0.4, 0.5) is 4.39 Å². The van der Waals surface area contributed by atoms with E-state index in [4.69, 9.17) is 5.11 Å². The Hall–Kier alpha value is -0.640. The smallest absolute Gasteiger partial charge is 0.123 e. The van der Waals surface area contributed by atoms with Crippen molar-refractivity contribution < 1.29 is 9.50 Å². The van der Waals surface area contributed by atoms with Crippen LogP contribution in [-0.2, 0) is 6.54 Å². The Bertz CT molecular complexity index is 228. The molecule has 0 bridgehead atoms. The minimum atomic E-state index is -0.221. The van der Waals surface area contributed by atoms with E-state index in [-0.39, 0.29) is 24.8 Å². The lowest BCUT2D eigenvalue weighted by Crippen LogP contribution is -2.17. The minimum absolute atomic E-state index is 0. The van der Waals surface area contributed by atoms with Gasteiger partial charge in [-0.25, -0.2) is 4.39 Å². The van der Waals surface area contributed by atoms with Gasteiger partial charge in [0.1, 0.15) is 5.82 Å². The van der Waals surface area contributed by atoms with E-state index >= 15 is 0 Å². The van der Waals surface area contributed by atoms with Gasteiger partial charge in [0, 0.05) is 13.1 Å². The normalized spacial score (nSPS) is 9.38. The lowest BCUT2D eigenvalue weighted by atomic mass is 10.2. The molecule has 2 N–H and O–H groups in total. The van der Waals surface area contributed by atoms with E-state index in [1.807, 2.05) is 0 Å². The van der Waals surface area contributed by atoms with Gasteiger partial charge in [-0.2, -0.15) is 0 Å². The fourth-order valence-electron chi connectivity index (χ4n) is 0.914. The van der Waals surface area contributed by atoms with Crippen molar-refractivity contribution in [3.63, 3.8) is 0 Å². The summed E-state index contributed by atoms with van der Waals surface area (Å²) >= 11 is 0. The SMILES string of the molecule is Cl.OCCNCc1ccc(F)cc1. The Balaban J connectivity index is 0.00000144. The Morgan fingerprint density at radius 3 is 2.38 bits per heavy atom. The molecule has 0 fully saturated rings. The zero-order valence-corrected chi connectivity index (χ0v) is 7.98. The number of halogens is 2. The summed E-state index contributed by atoms with van der Waals surface area (Å²) in [5.41, 5.74) is 1.02. The van der Waals surface area contributed by atoms with Gasteiger partial charge in [-0.05, 0) is 17.7 Å². The van der Waals surface area contributed by atoms with Gasteiger partial charge in [-0.15, -0.1) is 12.4 Å². The van der Waals surface area contributed by atoms with Crippen molar-refractivity contribution in [1.29, 1.82) is 0 Å². The average molecular weight is 206 g/mol. The summed E-state index contributed by atoms with van der Waals surface area (Å²) in [6, 6.07) is 6.30. The Morgan fingerprint density at radius 1 is 1.23 bits per heavy atom. The molecule has 0 saturated carbocycles. The fourth-order valence-corrected chi connectivity index (χ4v) is 0.914. The zero-order chi connectivity index (χ0) is 8.81. The van der Waals surface area contributed by atoms with E-state index in [9.17, 15) is 4.39 Å². The summed E-state index contributed by atoms with van der Waals surface area (Å²) in [4.78, 5) is 0. The summed E-state index contributed by atoms with van der Waals surface area (Å²) in [6.07, 6.45) is 0. The van der Waals surface area contributed by atoms with Gasteiger partial charge in [0.15, 0.2) is 0 Å². The van der Waals surface area contributed by atoms with Crippen molar-refractivity contribution in [3.05, 3.63) is 35.6 Å². The van der Waals surface area contributed by atoms with Crippen molar-refractivity contribution in [2.45, 2.75) is 6.54 Å². The van der Waals surface area contributed by atoms with E-state index in [0.29, 0.717) is 13.1 Å². The molecule has 0 aliphatic rings. The third-order valence-corrected chi connectivity index (χ3v) is 1.53. The molecule has 1 rings (SSSR count). The Morgan fingerprint density at radius 2 is 1.85 bits per heavy atom. The number of rotatable bonds is 4. The van der Waals surface area contributed by atoms with Gasteiger partial charge in [0.25, 0.3) is 0 Å². The quantitative estimate of drug-likeness (QED) is 0.727. The van der Waals surface area contributed by atoms with Crippen LogP contribution in [0.3, 0.4) is 0 Å². The highest BCUT2D eigenvalue weighted by Crippen LogP contribution is 2.01. The van der Waals surface area contributed by atoms with E-state index in [1.165, 1.54) is 12.1 Å². The first-order valence-corrected chi connectivity index (χ1v) is 3.89. The van der Waals surface area contributed by atoms with Crippen LogP contribution < -0.4 is 5.32 Å². The van der Waals surface area contributed by atoms with E-state index in [0.717, 1.165) is 5.56 Å². The molecule has 13 heavy (non-hydrogen) atoms. The number of nitrogens with one attached hydrogen (secondary N) is 1. The third kappa shape index (κ3) is 4.83. The number of hydrogen-bond acceptors (Lipinski definition) is 2. The largest absolute Gasteiger partial charge is 0.395 e. The number of aliphatic hydroxyl groups is 1. The van der Waals surface area contributed by atoms with Crippen LogP contribution in [0.5, 0.6) is 0 Å². The fraction of sp³-hybridized carbons (Fsp3) is 0.333. The molecule has 2 nitrogen and oxygen atoms in total. The van der Waals surface area contributed by atoms with Gasteiger partial charge in [0.05, 0.1) is 6.61 Å². The molecule has 1 aromatic carbocycles. The molecule has 0 aliphatic carbocycles. The molecule has 0 amide bonds. The van der Waals surface area contributed by atoms with E-state index in [2.05, 4.69) is 5.32 Å². The second-order valence-electron chi connectivity index (χ2n) is 2.53. The van der Waals surface area contributed by atoms with Crippen molar-refractivity contribution in [3.8, 4) is 0 Å². The predicted molar refractivity (Wildman–Crippen MR) is 52.4 cm³/mol. The third-order valence-electron chi connectivity index (χ3n) is 1.53. The molecule has 4 heteroatoms. The molecular formula is C9H13ClFNO. The maximum absolute atomic E-state index is 12.4. The summed E-state index contributed by atoms with van der Waals surface area (Å²) < 4.78 is 12.4. The molecule has 0 radical (unpaired) electrons. The molecule has 0 unspecified atom stereocenters. The summed E-state index contributed by atoms with van der Waals surface area (Å²) in [7, 11) is 0. The van der Waals surface area contributed by atoms with Gasteiger partial charge in [-0.1, -0.05) is 12.1 Å². The lowest BCUT2D eigenvalue weighted by molar-refractivity contribution is 0.292. The van der Waals surface area contributed by atoms with E-state index < -0.39 is 0 Å². The van der Waals surface area contributed by atoms with Crippen molar-refractivity contribution in [2.75, 3.05) is 13.2 Å². The number of hydrogen-bond donors (Lipinski definition) is 2. The van der Waals surface area contributed by atoms with E-state index in [1.54, 1.807) is 12.1 Å². The molecular weight excluding hydrogens is 193 g/mol. The van der Waals surface area contributed by atoms with Gasteiger partial charge < -0.3 is 10.4 Å². The Kier molecular flexibility index (Phi) is 6.49. The van der Waals surface area contributed by atoms with Crippen LogP contribution in [0.2, 0.25) is 0 Å². The number of benzene rings is 1. The van der Waals surface area contributed by atoms with Crippen LogP contribution >= 0.6 is 12.4 Å². The second-order valence-corrected chi connectivity index (χ2v) is 2.53. The maximum atomic E-state index is 12.4. The molecule has 0 atom stereocenters. The van der Waals surface area contributed by atoms with Crippen LogP contribution in [0.15, 0.2) is 24.3 Å². The first-order chi connectivity index (χ1) is 5.83. The maximum Gasteiger partial charge on any atom is 0.123 e. The van der Waals surface area contributed by atoms with Crippen molar-refractivity contribution in [2.24, 2.45) is 0 Å². The first-order valence-electron chi connectivity index (χ1n) is 3.89. The summed E-state index contributed by atoms with van der Waals surface area (Å²) in [5.74, 6) is -0.221. The zero-order valence-electron chi connectivity index (χ0n) is 7.16. The molecule has 74 valence electrons. The molecule has 1 aromatic rings. The number of aliphatic hydroxyl groups excluding tert-OH is 1. The first kappa shape index (κ1) is 12.4.